The standard InChI is InChI=1S/C18H19N5O3/c1-11-6-5-7-12(2)17(11)22-16(19-20-21-22)10-26-18-13(3)8-9-15(14(18)4)23(24)25/h5-9H,10H2,1-4H3. The van der Waals surface area contributed by atoms with Gasteiger partial charge in [0, 0.05) is 6.07 Å². The van der Waals surface area contributed by atoms with Crippen molar-refractivity contribution >= 4 is 5.69 Å². The van der Waals surface area contributed by atoms with E-state index < -0.39 is 4.92 Å². The Labute approximate surface area is 150 Å². The van der Waals surface area contributed by atoms with Crippen LogP contribution in [0.3, 0.4) is 0 Å². The van der Waals surface area contributed by atoms with Crippen LogP contribution in [0.2, 0.25) is 0 Å². The molecule has 0 atom stereocenters. The van der Waals surface area contributed by atoms with Gasteiger partial charge in [-0.05, 0) is 60.9 Å². The Morgan fingerprint density at radius 2 is 1.77 bits per heavy atom. The van der Waals surface area contributed by atoms with Crippen molar-refractivity contribution in [1.82, 2.24) is 20.2 Å². The summed E-state index contributed by atoms with van der Waals surface area (Å²) in [6.45, 7) is 7.60. The number of hydrogen-bond acceptors (Lipinski definition) is 6. The van der Waals surface area contributed by atoms with E-state index in [1.165, 1.54) is 6.07 Å². The number of rotatable bonds is 5. The molecule has 134 valence electrons. The van der Waals surface area contributed by atoms with Gasteiger partial charge < -0.3 is 4.74 Å². The number of hydrogen-bond donors (Lipinski definition) is 0. The topological polar surface area (TPSA) is 96.0 Å². The second-order valence-corrected chi connectivity index (χ2v) is 6.15. The maximum atomic E-state index is 11.1. The molecule has 0 saturated carbocycles. The SMILES string of the molecule is Cc1ccc([N+](=O)[O-])c(C)c1OCc1nnnn1-c1c(C)cccc1C. The molecule has 3 aromatic rings. The number of ether oxygens (including phenoxy) is 1. The van der Waals surface area contributed by atoms with Crippen molar-refractivity contribution in [1.29, 1.82) is 0 Å². The molecule has 0 fully saturated rings. The van der Waals surface area contributed by atoms with Crippen LogP contribution in [0.25, 0.3) is 5.69 Å². The van der Waals surface area contributed by atoms with Crippen LogP contribution >= 0.6 is 0 Å². The number of tetrazole rings is 1. The van der Waals surface area contributed by atoms with Crippen LogP contribution in [0.5, 0.6) is 5.75 Å². The molecule has 0 bridgehead atoms. The molecule has 26 heavy (non-hydrogen) atoms. The molecule has 0 aliphatic heterocycles. The van der Waals surface area contributed by atoms with Crippen LogP contribution in [0.4, 0.5) is 5.69 Å². The molecule has 0 unspecified atom stereocenters. The fraction of sp³-hybridized carbons (Fsp3) is 0.278. The minimum Gasteiger partial charge on any atom is -0.485 e. The van der Waals surface area contributed by atoms with Gasteiger partial charge in [-0.15, -0.1) is 5.10 Å². The summed E-state index contributed by atoms with van der Waals surface area (Å²) in [7, 11) is 0. The summed E-state index contributed by atoms with van der Waals surface area (Å²) in [5.74, 6) is 1.00. The summed E-state index contributed by atoms with van der Waals surface area (Å²) in [5.41, 5.74) is 4.33. The number of nitro groups is 1. The largest absolute Gasteiger partial charge is 0.485 e. The number of aromatic nitrogens is 4. The van der Waals surface area contributed by atoms with Crippen LogP contribution in [0, 0.1) is 37.8 Å². The van der Waals surface area contributed by atoms with Gasteiger partial charge in [-0.3, -0.25) is 10.1 Å². The third kappa shape index (κ3) is 3.13. The molecule has 0 N–H and O–H groups in total. The molecule has 3 rings (SSSR count). The lowest BCUT2D eigenvalue weighted by Crippen LogP contribution is -2.10. The number of benzene rings is 2. The molecule has 8 nitrogen and oxygen atoms in total. The van der Waals surface area contributed by atoms with E-state index in [9.17, 15) is 10.1 Å². The lowest BCUT2D eigenvalue weighted by molar-refractivity contribution is -0.385. The van der Waals surface area contributed by atoms with Crippen LogP contribution in [-0.2, 0) is 6.61 Å². The molecule has 0 aliphatic rings. The van der Waals surface area contributed by atoms with E-state index in [4.69, 9.17) is 4.74 Å². The molecule has 0 amide bonds. The Morgan fingerprint density at radius 1 is 1.08 bits per heavy atom. The van der Waals surface area contributed by atoms with Gasteiger partial charge in [-0.1, -0.05) is 18.2 Å². The van der Waals surface area contributed by atoms with Crippen molar-refractivity contribution in [2.24, 2.45) is 0 Å². The second kappa shape index (κ2) is 6.91. The third-order valence-electron chi connectivity index (χ3n) is 4.30. The molecular formula is C18H19N5O3. The maximum absolute atomic E-state index is 11.1. The van der Waals surface area contributed by atoms with Gasteiger partial charge in [-0.25, -0.2) is 0 Å². The van der Waals surface area contributed by atoms with Crippen LogP contribution in [0.15, 0.2) is 30.3 Å². The Hall–Kier alpha value is -3.29. The molecule has 0 aliphatic carbocycles. The first kappa shape index (κ1) is 17.5. The van der Waals surface area contributed by atoms with Gasteiger partial charge in [0.15, 0.2) is 5.82 Å². The molecule has 1 aromatic heterocycles. The highest BCUT2D eigenvalue weighted by Crippen LogP contribution is 2.31. The van der Waals surface area contributed by atoms with Crippen molar-refractivity contribution in [3.63, 3.8) is 0 Å². The summed E-state index contributed by atoms with van der Waals surface area (Å²) >= 11 is 0. The lowest BCUT2D eigenvalue weighted by atomic mass is 10.1. The number of aryl methyl sites for hydroxylation is 3. The van der Waals surface area contributed by atoms with E-state index in [0.29, 0.717) is 17.1 Å². The summed E-state index contributed by atoms with van der Waals surface area (Å²) in [6, 6.07) is 9.12. The van der Waals surface area contributed by atoms with Gasteiger partial charge in [0.25, 0.3) is 5.69 Å². The van der Waals surface area contributed by atoms with Gasteiger partial charge >= 0.3 is 0 Å². The fourth-order valence-electron chi connectivity index (χ4n) is 2.98. The van der Waals surface area contributed by atoms with Gasteiger partial charge in [0.2, 0.25) is 0 Å². The predicted octanol–water partition coefficient (Wildman–Crippen LogP) is 3.38. The van der Waals surface area contributed by atoms with Gasteiger partial charge in [-0.2, -0.15) is 4.68 Å². The Bertz CT molecular complexity index is 961. The number of nitrogens with zero attached hydrogens (tertiary/aromatic N) is 5. The molecule has 1 heterocycles. The minimum absolute atomic E-state index is 0.0277. The summed E-state index contributed by atoms with van der Waals surface area (Å²) in [6.07, 6.45) is 0. The van der Waals surface area contributed by atoms with Crippen molar-refractivity contribution < 1.29 is 9.66 Å². The Morgan fingerprint density at radius 3 is 2.42 bits per heavy atom. The molecule has 8 heteroatoms. The summed E-state index contributed by atoms with van der Waals surface area (Å²) in [4.78, 5) is 10.7. The number of nitro benzene ring substituents is 1. The summed E-state index contributed by atoms with van der Waals surface area (Å²) < 4.78 is 7.52. The Balaban J connectivity index is 1.93. The zero-order valence-electron chi connectivity index (χ0n) is 15.1. The predicted molar refractivity (Wildman–Crippen MR) is 95.5 cm³/mol. The van der Waals surface area contributed by atoms with Gasteiger partial charge in [0.1, 0.15) is 12.4 Å². The molecule has 0 saturated heterocycles. The Kier molecular flexibility index (Phi) is 4.66. The van der Waals surface area contributed by atoms with Crippen LogP contribution < -0.4 is 4.74 Å². The highest BCUT2D eigenvalue weighted by atomic mass is 16.6. The van der Waals surface area contributed by atoms with Crippen molar-refractivity contribution in [2.45, 2.75) is 34.3 Å². The van der Waals surface area contributed by atoms with E-state index >= 15 is 0 Å². The zero-order valence-corrected chi connectivity index (χ0v) is 15.1. The van der Waals surface area contributed by atoms with Crippen LogP contribution in [0.1, 0.15) is 28.1 Å². The smallest absolute Gasteiger partial charge is 0.276 e. The quantitative estimate of drug-likeness (QED) is 0.515. The third-order valence-corrected chi connectivity index (χ3v) is 4.30. The highest BCUT2D eigenvalue weighted by molar-refractivity contribution is 5.52. The van der Waals surface area contributed by atoms with Crippen molar-refractivity contribution in [2.75, 3.05) is 0 Å². The van der Waals surface area contributed by atoms with Crippen molar-refractivity contribution in [3.05, 3.63) is 68.5 Å². The van der Waals surface area contributed by atoms with E-state index in [1.807, 2.05) is 39.0 Å². The monoisotopic (exact) mass is 353 g/mol. The molecule has 0 radical (unpaired) electrons. The first-order chi connectivity index (χ1) is 12.4. The van der Waals surface area contributed by atoms with E-state index in [0.717, 1.165) is 22.4 Å². The fourth-order valence-corrected chi connectivity index (χ4v) is 2.98. The average Bonchev–Trinajstić information content (AvgIpc) is 3.02. The first-order valence-corrected chi connectivity index (χ1v) is 8.11. The second-order valence-electron chi connectivity index (χ2n) is 6.15. The molecule has 0 spiro atoms. The number of para-hydroxylation sites is 1. The van der Waals surface area contributed by atoms with E-state index in [-0.39, 0.29) is 12.3 Å². The summed E-state index contributed by atoms with van der Waals surface area (Å²) in [5, 5.41) is 23.0. The minimum atomic E-state index is -0.414. The average molecular weight is 353 g/mol. The van der Waals surface area contributed by atoms with E-state index in [2.05, 4.69) is 15.5 Å². The lowest BCUT2D eigenvalue weighted by Gasteiger charge is -2.13. The first-order valence-electron chi connectivity index (χ1n) is 8.11. The van der Waals surface area contributed by atoms with Crippen LogP contribution in [-0.4, -0.2) is 25.1 Å². The maximum Gasteiger partial charge on any atom is 0.276 e. The normalized spacial score (nSPS) is 10.8. The van der Waals surface area contributed by atoms with Gasteiger partial charge in [0.05, 0.1) is 16.2 Å². The molecule has 2 aromatic carbocycles. The zero-order chi connectivity index (χ0) is 18.8. The molecular weight excluding hydrogens is 334 g/mol. The highest BCUT2D eigenvalue weighted by Gasteiger charge is 2.19. The van der Waals surface area contributed by atoms with E-state index in [1.54, 1.807) is 17.7 Å². The van der Waals surface area contributed by atoms with Crippen molar-refractivity contribution in [3.8, 4) is 11.4 Å².